The molecule has 5 aliphatic heterocycles. The SMILES string of the molecule is NC(N)=C(/C=C(\N)c1ccccc1O)N1CC2CCC(C1)N2c1ccc(F)c(N2CCC(F)(CN3CCC4(CCC(n5cc(C6CC6)c6cc(N7CCC(=O)NC7=O)cnc65)CC4)CC3)CC2)c1. The average molecular weight is 930 g/mol. The second kappa shape index (κ2) is 17.5. The normalized spacial score (nSPS) is 24.5. The number of likely N-dealkylation sites (tertiary alicyclic amines) is 2. The third kappa shape index (κ3) is 8.46. The van der Waals surface area contributed by atoms with Crippen molar-refractivity contribution in [2.45, 2.75) is 113 Å². The van der Waals surface area contributed by atoms with Gasteiger partial charge in [-0.05, 0) is 137 Å². The summed E-state index contributed by atoms with van der Waals surface area (Å²) in [4.78, 5) is 39.9. The van der Waals surface area contributed by atoms with Crippen LogP contribution in [0.4, 0.5) is 30.6 Å². The number of para-hydroxylation sites is 1. The van der Waals surface area contributed by atoms with Crippen LogP contribution >= 0.6 is 0 Å². The number of aromatic nitrogens is 2. The van der Waals surface area contributed by atoms with Crippen molar-refractivity contribution >= 4 is 45.7 Å². The first-order chi connectivity index (χ1) is 32.8. The number of nitrogens with two attached hydrogens (primary N) is 3. The van der Waals surface area contributed by atoms with Crippen molar-refractivity contribution in [2.75, 3.05) is 67.1 Å². The maximum Gasteiger partial charge on any atom is 0.328 e. The highest BCUT2D eigenvalue weighted by atomic mass is 19.1. The number of amides is 3. The Morgan fingerprint density at radius 2 is 1.56 bits per heavy atom. The highest BCUT2D eigenvalue weighted by Gasteiger charge is 2.44. The maximum absolute atomic E-state index is 16.7. The highest BCUT2D eigenvalue weighted by molar-refractivity contribution is 6.06. The lowest BCUT2D eigenvalue weighted by molar-refractivity contribution is -0.120. The summed E-state index contributed by atoms with van der Waals surface area (Å²) in [5.74, 6) is 0.246. The van der Waals surface area contributed by atoms with E-state index in [0.29, 0.717) is 86.7 Å². The number of rotatable bonds is 10. The van der Waals surface area contributed by atoms with Gasteiger partial charge >= 0.3 is 6.03 Å². The van der Waals surface area contributed by atoms with Crippen LogP contribution in [0.3, 0.4) is 0 Å². The van der Waals surface area contributed by atoms with Gasteiger partial charge in [0.1, 0.15) is 28.7 Å². The third-order valence-corrected chi connectivity index (χ3v) is 16.8. The fourth-order valence-electron chi connectivity index (χ4n) is 12.7. The number of allylic oxidation sites excluding steroid dienone is 1. The van der Waals surface area contributed by atoms with Gasteiger partial charge in [-0.15, -0.1) is 0 Å². The number of nitrogens with one attached hydrogen (secondary N) is 1. The molecule has 0 radical (unpaired) electrons. The number of urea groups is 1. The van der Waals surface area contributed by atoms with E-state index in [1.807, 2.05) is 23.1 Å². The van der Waals surface area contributed by atoms with Gasteiger partial charge in [0.05, 0.1) is 23.3 Å². The van der Waals surface area contributed by atoms with Crippen molar-refractivity contribution < 1.29 is 23.5 Å². The summed E-state index contributed by atoms with van der Waals surface area (Å²) >= 11 is 0. The van der Waals surface area contributed by atoms with E-state index < -0.39 is 5.67 Å². The van der Waals surface area contributed by atoms with Gasteiger partial charge in [0, 0.05) is 105 Å². The number of carbonyl (C=O) groups excluding carboxylic acids is 2. The smallest absolute Gasteiger partial charge is 0.328 e. The summed E-state index contributed by atoms with van der Waals surface area (Å²) in [5.41, 5.74) is 23.9. The lowest BCUT2D eigenvalue weighted by Gasteiger charge is -2.48. The van der Waals surface area contributed by atoms with Crippen molar-refractivity contribution in [3.8, 4) is 5.75 Å². The molecule has 7 heterocycles. The highest BCUT2D eigenvalue weighted by Crippen LogP contribution is 2.51. The minimum atomic E-state index is -1.31. The number of phenolic OH excluding ortho intramolecular Hbond substituents is 1. The Kier molecular flexibility index (Phi) is 11.4. The van der Waals surface area contributed by atoms with E-state index in [2.05, 4.69) is 36.8 Å². The number of phenols is 1. The number of aromatic hydroxyl groups is 1. The first kappa shape index (κ1) is 44.5. The summed E-state index contributed by atoms with van der Waals surface area (Å²) in [6.07, 6.45) is 17.8. The molecule has 5 saturated heterocycles. The van der Waals surface area contributed by atoms with E-state index in [-0.39, 0.29) is 53.2 Å². The van der Waals surface area contributed by atoms with Gasteiger partial charge in [-0.2, -0.15) is 0 Å². The number of alkyl halides is 1. The number of nitrogens with zero attached hydrogens (tertiary/aromatic N) is 7. The van der Waals surface area contributed by atoms with Crippen LogP contribution < -0.4 is 37.2 Å². The number of benzene rings is 2. The van der Waals surface area contributed by atoms with Crippen LogP contribution in [-0.4, -0.2) is 107 Å². The molecule has 16 heteroatoms. The molecule has 2 bridgehead atoms. The molecule has 1 spiro atoms. The van der Waals surface area contributed by atoms with Crippen molar-refractivity contribution in [1.29, 1.82) is 0 Å². The third-order valence-electron chi connectivity index (χ3n) is 16.8. The van der Waals surface area contributed by atoms with E-state index in [0.717, 1.165) is 86.9 Å². The van der Waals surface area contributed by atoms with Gasteiger partial charge in [0.15, 0.2) is 0 Å². The summed E-state index contributed by atoms with van der Waals surface area (Å²) in [6, 6.07) is 14.7. The van der Waals surface area contributed by atoms with Crippen LogP contribution in [0.15, 0.2) is 78.5 Å². The number of imide groups is 1. The predicted molar refractivity (Wildman–Crippen MR) is 261 cm³/mol. The van der Waals surface area contributed by atoms with Crippen LogP contribution in [-0.2, 0) is 4.79 Å². The number of fused-ring (bicyclic) bond motifs is 3. The second-order valence-corrected chi connectivity index (χ2v) is 21.0. The minimum absolute atomic E-state index is 0.0825. The van der Waals surface area contributed by atoms with Crippen molar-refractivity contribution in [2.24, 2.45) is 22.6 Å². The van der Waals surface area contributed by atoms with E-state index in [1.54, 1.807) is 41.4 Å². The Labute approximate surface area is 396 Å². The van der Waals surface area contributed by atoms with E-state index in [4.69, 9.17) is 22.2 Å². The van der Waals surface area contributed by atoms with Gasteiger partial charge < -0.3 is 46.5 Å². The van der Waals surface area contributed by atoms with Gasteiger partial charge in [-0.1, -0.05) is 12.1 Å². The molecular formula is C52H65F2N11O3. The van der Waals surface area contributed by atoms with Crippen molar-refractivity contribution in [3.63, 3.8) is 0 Å². The molecular weight excluding hydrogens is 865 g/mol. The zero-order chi connectivity index (χ0) is 46.9. The molecule has 2 atom stereocenters. The van der Waals surface area contributed by atoms with E-state index in [1.165, 1.54) is 18.4 Å². The molecule has 2 unspecified atom stereocenters. The van der Waals surface area contributed by atoms with Crippen molar-refractivity contribution in [3.05, 3.63) is 95.5 Å². The van der Waals surface area contributed by atoms with E-state index in [9.17, 15) is 14.7 Å². The Morgan fingerprint density at radius 3 is 2.24 bits per heavy atom. The van der Waals surface area contributed by atoms with Crippen LogP contribution in [0.2, 0.25) is 0 Å². The number of anilines is 3. The van der Waals surface area contributed by atoms with Crippen LogP contribution in [0.25, 0.3) is 16.7 Å². The number of hydrogen-bond acceptors (Lipinski definition) is 11. The Hall–Kier alpha value is -6.03. The Morgan fingerprint density at radius 1 is 0.838 bits per heavy atom. The number of piperazine rings is 1. The van der Waals surface area contributed by atoms with Crippen molar-refractivity contribution in [1.82, 2.24) is 24.7 Å². The molecule has 7 aliphatic rings. The number of halogens is 2. The molecule has 2 aromatic heterocycles. The van der Waals surface area contributed by atoms with Crippen LogP contribution in [0.1, 0.15) is 107 Å². The lowest BCUT2D eigenvalue weighted by atomic mass is 9.67. The van der Waals surface area contributed by atoms with Gasteiger partial charge in [0.2, 0.25) is 5.91 Å². The van der Waals surface area contributed by atoms with Gasteiger partial charge in [0.25, 0.3) is 0 Å². The molecule has 2 aliphatic carbocycles. The number of carbonyl (C=O) groups is 2. The van der Waals surface area contributed by atoms with Crippen LogP contribution in [0.5, 0.6) is 5.75 Å². The summed E-state index contributed by atoms with van der Waals surface area (Å²) in [7, 11) is 0. The topological polar surface area (TPSA) is 178 Å². The second-order valence-electron chi connectivity index (χ2n) is 21.0. The number of piperidine rings is 2. The molecule has 11 rings (SSSR count). The zero-order valence-electron chi connectivity index (χ0n) is 38.9. The van der Waals surface area contributed by atoms with E-state index >= 15 is 8.78 Å². The fraction of sp³-hybridized carbons (Fsp3) is 0.519. The molecule has 14 nitrogen and oxygen atoms in total. The van der Waals surface area contributed by atoms with Gasteiger partial charge in [-0.25, -0.2) is 18.6 Å². The standard InChI is InChI=1S/C52H65F2N11O3/c53-42-10-9-35(65-36-7-8-37(65)30-62(29-36)45(48(56)57)27-43(55)39-3-1-2-4-46(39)66)26-44(42)61-23-18-52(54,19-24-61)32-60-21-16-51(17-22-60)14-11-34(12-15-51)64-31-41(33-5-6-33)40-25-38(28-58-49(40)64)63-20-13-47(67)59-50(63)68/h1-4,9-10,25-28,31,33-34,36-37,66H,5-8,11-24,29-30,32,55-57H2,(H,59,67,68)/b43-27-. The molecule has 3 amide bonds. The number of hydrogen-bond donors (Lipinski definition) is 5. The zero-order valence-corrected chi connectivity index (χ0v) is 38.9. The quantitative estimate of drug-likeness (QED) is 0.102. The first-order valence-electron chi connectivity index (χ1n) is 24.9. The molecule has 2 saturated carbocycles. The number of pyridine rings is 1. The average Bonchev–Trinajstić information content (AvgIpc) is 4.05. The minimum Gasteiger partial charge on any atom is -0.507 e. The largest absolute Gasteiger partial charge is 0.507 e. The first-order valence-corrected chi connectivity index (χ1v) is 24.9. The summed E-state index contributed by atoms with van der Waals surface area (Å²) in [6.45, 7) is 4.84. The molecule has 360 valence electrons. The van der Waals surface area contributed by atoms with Gasteiger partial charge in [-0.3, -0.25) is 15.0 Å². The molecule has 68 heavy (non-hydrogen) atoms. The Balaban J connectivity index is 0.684. The monoisotopic (exact) mass is 930 g/mol. The Bertz CT molecular complexity index is 2640. The predicted octanol–water partition coefficient (Wildman–Crippen LogP) is 7.15. The summed E-state index contributed by atoms with van der Waals surface area (Å²) < 4.78 is 34.8. The fourth-order valence-corrected chi connectivity index (χ4v) is 12.7. The summed E-state index contributed by atoms with van der Waals surface area (Å²) in [5, 5.41) is 13.9. The maximum atomic E-state index is 16.7. The lowest BCUT2D eigenvalue weighted by Crippen LogP contribution is -2.54. The molecule has 7 fully saturated rings. The molecule has 8 N–H and O–H groups in total. The van der Waals surface area contributed by atoms with Crippen LogP contribution in [0, 0.1) is 11.2 Å². The molecule has 4 aromatic rings. The molecule has 2 aromatic carbocycles.